The maximum Gasteiger partial charge on any atom is 0.416 e. The third-order valence-corrected chi connectivity index (χ3v) is 5.44. The zero-order valence-corrected chi connectivity index (χ0v) is 15.9. The van der Waals surface area contributed by atoms with Gasteiger partial charge in [0.15, 0.2) is 0 Å². The number of benzene rings is 2. The Hall–Kier alpha value is -3.20. The summed E-state index contributed by atoms with van der Waals surface area (Å²) in [5.74, 6) is 0.146. The largest absolute Gasteiger partial charge is 0.416 e. The van der Waals surface area contributed by atoms with Gasteiger partial charge in [0.05, 0.1) is 17.5 Å². The molecule has 0 spiro atoms. The van der Waals surface area contributed by atoms with E-state index in [1.54, 1.807) is 0 Å². The van der Waals surface area contributed by atoms with Gasteiger partial charge in [0.25, 0.3) is 0 Å². The molecule has 1 aromatic heterocycles. The highest BCUT2D eigenvalue weighted by Crippen LogP contribution is 2.35. The minimum absolute atomic E-state index is 0.210. The summed E-state index contributed by atoms with van der Waals surface area (Å²) >= 11 is 0. The predicted octanol–water partition coefficient (Wildman–Crippen LogP) is 3.38. The molecule has 2 aromatic carbocycles. The molecule has 0 bridgehead atoms. The van der Waals surface area contributed by atoms with E-state index < -0.39 is 17.2 Å². The lowest BCUT2D eigenvalue weighted by atomic mass is 9.79. The van der Waals surface area contributed by atoms with Crippen molar-refractivity contribution in [2.75, 3.05) is 13.1 Å². The summed E-state index contributed by atoms with van der Waals surface area (Å²) in [6.07, 6.45) is -3.82. The molecular formula is C21H19F3N4O2. The number of aromatic nitrogens is 2. The lowest BCUT2D eigenvalue weighted by Gasteiger charge is -2.26. The van der Waals surface area contributed by atoms with Crippen LogP contribution in [0.1, 0.15) is 23.4 Å². The Kier molecular flexibility index (Phi) is 5.07. The van der Waals surface area contributed by atoms with Crippen LogP contribution in [0.5, 0.6) is 0 Å². The topological polar surface area (TPSA) is 85.3 Å². The van der Waals surface area contributed by atoms with Crippen LogP contribution < -0.4 is 5.73 Å². The van der Waals surface area contributed by atoms with Crippen LogP contribution in [0.2, 0.25) is 0 Å². The fraction of sp³-hybridized carbons (Fsp3) is 0.286. The lowest BCUT2D eigenvalue weighted by Crippen LogP contribution is -2.43. The van der Waals surface area contributed by atoms with Gasteiger partial charge in [-0.2, -0.15) is 18.2 Å². The quantitative estimate of drug-likeness (QED) is 0.689. The number of primary amides is 1. The summed E-state index contributed by atoms with van der Waals surface area (Å²) in [5.41, 5.74) is 5.52. The first-order valence-electron chi connectivity index (χ1n) is 9.36. The molecule has 3 aromatic rings. The van der Waals surface area contributed by atoms with Gasteiger partial charge in [-0.15, -0.1) is 0 Å². The van der Waals surface area contributed by atoms with Crippen LogP contribution in [0.25, 0.3) is 11.4 Å². The number of nitrogens with two attached hydrogens (primary N) is 1. The van der Waals surface area contributed by atoms with Gasteiger partial charge in [-0.1, -0.05) is 47.6 Å². The van der Waals surface area contributed by atoms with Gasteiger partial charge in [-0.3, -0.25) is 9.69 Å². The Morgan fingerprint density at radius 1 is 1.13 bits per heavy atom. The summed E-state index contributed by atoms with van der Waals surface area (Å²) in [7, 11) is 0. The average Bonchev–Trinajstić information content (AvgIpc) is 3.37. The number of hydrogen-bond acceptors (Lipinski definition) is 5. The van der Waals surface area contributed by atoms with E-state index in [1.165, 1.54) is 12.1 Å². The zero-order chi connectivity index (χ0) is 21.4. The van der Waals surface area contributed by atoms with Crippen molar-refractivity contribution in [1.82, 2.24) is 15.0 Å². The molecule has 0 aliphatic carbocycles. The molecular weight excluding hydrogens is 397 g/mol. The first-order valence-corrected chi connectivity index (χ1v) is 9.36. The second-order valence-electron chi connectivity index (χ2n) is 7.36. The van der Waals surface area contributed by atoms with Crippen LogP contribution in [-0.4, -0.2) is 34.0 Å². The molecule has 6 nitrogen and oxygen atoms in total. The summed E-state index contributed by atoms with van der Waals surface area (Å²) < 4.78 is 43.4. The number of carbonyl (C=O) groups excluding carboxylic acids is 1. The lowest BCUT2D eigenvalue weighted by molar-refractivity contribution is -0.137. The normalized spacial score (nSPS) is 19.8. The third kappa shape index (κ3) is 3.80. The van der Waals surface area contributed by atoms with Crippen LogP contribution in [0.3, 0.4) is 0 Å². The molecule has 2 N–H and O–H groups in total. The van der Waals surface area contributed by atoms with E-state index >= 15 is 0 Å². The SMILES string of the molecule is NC(=O)C1(c2ccccc2)CCN(Cc2nc(-c3ccc(C(F)(F)F)cc3)no2)C1. The molecule has 0 saturated carbocycles. The fourth-order valence-corrected chi connectivity index (χ4v) is 3.80. The van der Waals surface area contributed by atoms with Crippen LogP contribution in [0.4, 0.5) is 13.2 Å². The third-order valence-electron chi connectivity index (χ3n) is 5.44. The second kappa shape index (κ2) is 7.56. The minimum atomic E-state index is -4.40. The molecule has 2 heterocycles. The Morgan fingerprint density at radius 3 is 2.47 bits per heavy atom. The number of carbonyl (C=O) groups is 1. The molecule has 1 atom stereocenters. The number of amides is 1. The van der Waals surface area contributed by atoms with Crippen molar-refractivity contribution >= 4 is 5.91 Å². The Bertz CT molecular complexity index is 1030. The predicted molar refractivity (Wildman–Crippen MR) is 102 cm³/mol. The van der Waals surface area contributed by atoms with Crippen molar-refractivity contribution in [2.45, 2.75) is 24.6 Å². The van der Waals surface area contributed by atoms with E-state index in [4.69, 9.17) is 10.3 Å². The van der Waals surface area contributed by atoms with E-state index in [9.17, 15) is 18.0 Å². The second-order valence-corrected chi connectivity index (χ2v) is 7.36. The van der Waals surface area contributed by atoms with Crippen LogP contribution >= 0.6 is 0 Å². The van der Waals surface area contributed by atoms with E-state index in [0.717, 1.165) is 17.7 Å². The maximum atomic E-state index is 12.7. The Morgan fingerprint density at radius 2 is 1.83 bits per heavy atom. The van der Waals surface area contributed by atoms with Crippen LogP contribution in [-0.2, 0) is 22.9 Å². The van der Waals surface area contributed by atoms with Gasteiger partial charge in [0.2, 0.25) is 17.6 Å². The van der Waals surface area contributed by atoms with E-state index in [1.807, 2.05) is 35.2 Å². The Labute approximate surface area is 170 Å². The minimum Gasteiger partial charge on any atom is -0.369 e. The van der Waals surface area contributed by atoms with Crippen molar-refractivity contribution in [3.63, 3.8) is 0 Å². The van der Waals surface area contributed by atoms with Crippen LogP contribution in [0.15, 0.2) is 59.1 Å². The first kappa shape index (κ1) is 20.1. The number of nitrogens with zero attached hydrogens (tertiary/aromatic N) is 3. The first-order chi connectivity index (χ1) is 14.3. The number of likely N-dealkylation sites (tertiary alicyclic amines) is 1. The monoisotopic (exact) mass is 416 g/mol. The highest BCUT2D eigenvalue weighted by atomic mass is 19.4. The number of halogens is 3. The van der Waals surface area contributed by atoms with Gasteiger partial charge in [-0.05, 0) is 24.1 Å². The molecule has 4 rings (SSSR count). The summed E-state index contributed by atoms with van der Waals surface area (Å²) in [4.78, 5) is 18.6. The van der Waals surface area contributed by atoms with E-state index in [0.29, 0.717) is 37.5 Å². The maximum absolute atomic E-state index is 12.7. The van der Waals surface area contributed by atoms with Crippen molar-refractivity contribution in [2.24, 2.45) is 5.73 Å². The van der Waals surface area contributed by atoms with Crippen LogP contribution in [0, 0.1) is 0 Å². The molecule has 0 radical (unpaired) electrons. The molecule has 9 heteroatoms. The van der Waals surface area contributed by atoms with E-state index in [-0.39, 0.29) is 11.7 Å². The molecule has 1 unspecified atom stereocenters. The summed E-state index contributed by atoms with van der Waals surface area (Å²) in [5, 5.41) is 3.86. The molecule has 1 aliphatic rings. The van der Waals surface area contributed by atoms with Gasteiger partial charge < -0.3 is 10.3 Å². The van der Waals surface area contributed by atoms with Crippen molar-refractivity contribution in [3.05, 3.63) is 71.6 Å². The van der Waals surface area contributed by atoms with Gasteiger partial charge in [0, 0.05) is 18.7 Å². The van der Waals surface area contributed by atoms with E-state index in [2.05, 4.69) is 10.1 Å². The summed E-state index contributed by atoms with van der Waals surface area (Å²) in [6.45, 7) is 1.36. The molecule has 30 heavy (non-hydrogen) atoms. The average molecular weight is 416 g/mol. The standard InChI is InChI=1S/C21H19F3N4O2/c22-21(23,24)16-8-6-14(7-9-16)18-26-17(30-27-18)12-28-11-10-20(13-28,19(25)29)15-4-2-1-3-5-15/h1-9H,10-13H2,(H2,25,29). The van der Waals surface area contributed by atoms with Gasteiger partial charge in [0.1, 0.15) is 0 Å². The molecule has 1 amide bonds. The highest BCUT2D eigenvalue weighted by molar-refractivity contribution is 5.87. The van der Waals surface area contributed by atoms with Crippen molar-refractivity contribution in [1.29, 1.82) is 0 Å². The van der Waals surface area contributed by atoms with Crippen molar-refractivity contribution < 1.29 is 22.5 Å². The summed E-state index contributed by atoms with van der Waals surface area (Å²) in [6, 6.07) is 14.0. The molecule has 156 valence electrons. The Balaban J connectivity index is 1.48. The fourth-order valence-electron chi connectivity index (χ4n) is 3.80. The van der Waals surface area contributed by atoms with Crippen molar-refractivity contribution in [3.8, 4) is 11.4 Å². The molecule has 1 fully saturated rings. The van der Waals surface area contributed by atoms with Gasteiger partial charge >= 0.3 is 6.18 Å². The smallest absolute Gasteiger partial charge is 0.369 e. The highest BCUT2D eigenvalue weighted by Gasteiger charge is 2.44. The van der Waals surface area contributed by atoms with Gasteiger partial charge in [-0.25, -0.2) is 0 Å². The number of alkyl halides is 3. The number of rotatable bonds is 5. The molecule has 1 aliphatic heterocycles. The number of hydrogen-bond donors (Lipinski definition) is 1. The zero-order valence-electron chi connectivity index (χ0n) is 15.9. The molecule has 1 saturated heterocycles.